The molecule has 0 saturated carbocycles. The van der Waals surface area contributed by atoms with Crippen LogP contribution in [0, 0.1) is 6.92 Å². The number of H-pyrrole nitrogens is 1. The molecule has 9 heteroatoms. The second-order valence-corrected chi connectivity index (χ2v) is 12.7. The lowest BCUT2D eigenvalue weighted by Gasteiger charge is -2.35. The first-order valence-electron chi connectivity index (χ1n) is 14.4. The molecule has 0 aromatic carbocycles. The van der Waals surface area contributed by atoms with Crippen molar-refractivity contribution in [3.63, 3.8) is 0 Å². The number of amides is 1. The van der Waals surface area contributed by atoms with Crippen LogP contribution in [0.1, 0.15) is 79.0 Å². The van der Waals surface area contributed by atoms with Crippen LogP contribution in [0.4, 0.5) is 5.82 Å². The van der Waals surface area contributed by atoms with Crippen LogP contribution in [-0.2, 0) is 22.4 Å². The largest absolute Gasteiger partial charge is 0.387 e. The maximum absolute atomic E-state index is 13.0. The van der Waals surface area contributed by atoms with E-state index < -0.39 is 0 Å². The summed E-state index contributed by atoms with van der Waals surface area (Å²) in [7, 11) is 0. The zero-order chi connectivity index (χ0) is 27.3. The third-order valence-corrected chi connectivity index (χ3v) is 9.99. The van der Waals surface area contributed by atoms with Crippen molar-refractivity contribution in [3.05, 3.63) is 33.3 Å². The lowest BCUT2D eigenvalue weighted by Crippen LogP contribution is -2.53. The number of aryl methyl sites for hydroxylation is 1. The van der Waals surface area contributed by atoms with Gasteiger partial charge in [0.05, 0.1) is 24.7 Å². The molecule has 2 fully saturated rings. The first kappa shape index (κ1) is 26.5. The Kier molecular flexibility index (Phi) is 7.24. The van der Waals surface area contributed by atoms with Crippen molar-refractivity contribution in [3.8, 4) is 11.3 Å². The number of carbonyl (C=O) groups is 1. The summed E-state index contributed by atoms with van der Waals surface area (Å²) < 4.78 is 5.52. The van der Waals surface area contributed by atoms with Crippen molar-refractivity contribution in [2.24, 2.45) is 10.7 Å². The van der Waals surface area contributed by atoms with Gasteiger partial charge in [0.25, 0.3) is 0 Å². The van der Waals surface area contributed by atoms with Gasteiger partial charge in [-0.1, -0.05) is 13.8 Å². The fourth-order valence-electron chi connectivity index (χ4n) is 6.78. The third-order valence-electron chi connectivity index (χ3n) is 8.62. The second-order valence-electron chi connectivity index (χ2n) is 11.6. The number of aromatic nitrogens is 2. The minimum absolute atomic E-state index is 0.189. The highest BCUT2D eigenvalue weighted by molar-refractivity contribution is 7.19. The molecule has 4 N–H and O–H groups in total. The Morgan fingerprint density at radius 3 is 2.72 bits per heavy atom. The maximum atomic E-state index is 13.0. The molecular weight excluding hydrogens is 508 g/mol. The van der Waals surface area contributed by atoms with Crippen LogP contribution >= 0.6 is 11.3 Å². The Balaban J connectivity index is 1.29. The number of amidine groups is 1. The zero-order valence-corrected chi connectivity index (χ0v) is 24.3. The Morgan fingerprint density at radius 2 is 2.03 bits per heavy atom. The number of morpholine rings is 1. The number of nitrogens with two attached hydrogens (primary N) is 1. The maximum Gasteiger partial charge on any atom is 0.242 e. The molecule has 0 radical (unpaired) electrons. The van der Waals surface area contributed by atoms with E-state index in [1.165, 1.54) is 48.6 Å². The average molecular weight is 549 g/mol. The lowest BCUT2D eigenvalue weighted by molar-refractivity contribution is -0.137. The average Bonchev–Trinajstić information content (AvgIpc) is 3.64. The number of hydrogen-bond donors (Lipinski definition) is 3. The van der Waals surface area contributed by atoms with E-state index in [0.29, 0.717) is 30.9 Å². The molecule has 2 saturated heterocycles. The number of ether oxygens (including phenoxy) is 1. The number of pyridine rings is 1. The first-order chi connectivity index (χ1) is 18.8. The van der Waals surface area contributed by atoms with Crippen molar-refractivity contribution < 1.29 is 9.53 Å². The number of piperidine rings is 1. The molecule has 3 aliphatic rings. The predicted octanol–water partition coefficient (Wildman–Crippen LogP) is 4.91. The molecule has 8 nitrogen and oxygen atoms in total. The summed E-state index contributed by atoms with van der Waals surface area (Å²) in [5.41, 5.74) is 13.7. The van der Waals surface area contributed by atoms with Crippen LogP contribution in [-0.4, -0.2) is 65.5 Å². The summed E-state index contributed by atoms with van der Waals surface area (Å²) in [6.45, 7) is 12.2. The molecule has 1 amide bonds. The highest BCUT2D eigenvalue weighted by atomic mass is 32.1. The molecule has 1 atom stereocenters. The van der Waals surface area contributed by atoms with Crippen molar-refractivity contribution in [1.29, 1.82) is 0 Å². The van der Waals surface area contributed by atoms with Crippen LogP contribution in [0.25, 0.3) is 21.5 Å². The number of thiophene rings is 1. The van der Waals surface area contributed by atoms with E-state index in [0.717, 1.165) is 57.6 Å². The number of aromatic amines is 1. The van der Waals surface area contributed by atoms with Gasteiger partial charge < -0.3 is 25.7 Å². The van der Waals surface area contributed by atoms with Crippen LogP contribution in [0.3, 0.4) is 0 Å². The van der Waals surface area contributed by atoms with Crippen LogP contribution in [0.2, 0.25) is 0 Å². The summed E-state index contributed by atoms with van der Waals surface area (Å²) in [6.07, 6.45) is 7.19. The summed E-state index contributed by atoms with van der Waals surface area (Å²) in [5.74, 6) is 2.38. The van der Waals surface area contributed by atoms with Crippen LogP contribution in [0.5, 0.6) is 0 Å². The normalized spacial score (nSPS) is 20.8. The Labute approximate surface area is 234 Å². The molecule has 2 aliphatic heterocycles. The summed E-state index contributed by atoms with van der Waals surface area (Å²) >= 11 is 1.91. The molecule has 39 heavy (non-hydrogen) atoms. The van der Waals surface area contributed by atoms with E-state index in [9.17, 15) is 4.79 Å². The van der Waals surface area contributed by atoms with Gasteiger partial charge in [0.2, 0.25) is 5.91 Å². The summed E-state index contributed by atoms with van der Waals surface area (Å²) in [6, 6.07) is -0.194. The van der Waals surface area contributed by atoms with Crippen molar-refractivity contribution >= 4 is 39.1 Å². The third kappa shape index (κ3) is 4.78. The topological polar surface area (TPSA) is 109 Å². The first-order valence-corrected chi connectivity index (χ1v) is 15.2. The van der Waals surface area contributed by atoms with Gasteiger partial charge >= 0.3 is 0 Å². The number of nitrogens with one attached hydrogen (secondary N) is 2. The molecule has 5 heterocycles. The number of fused-ring (bicyclic) bond motifs is 2. The van der Waals surface area contributed by atoms with E-state index in [4.69, 9.17) is 15.5 Å². The number of likely N-dealkylation sites (tertiary alicyclic amines) is 1. The minimum Gasteiger partial charge on any atom is -0.387 e. The van der Waals surface area contributed by atoms with Gasteiger partial charge in [0.1, 0.15) is 10.9 Å². The molecule has 1 aliphatic carbocycles. The number of rotatable bonds is 5. The molecule has 3 aromatic rings. The van der Waals surface area contributed by atoms with E-state index in [1.807, 2.05) is 29.4 Å². The van der Waals surface area contributed by atoms with E-state index >= 15 is 0 Å². The molecule has 3 aromatic heterocycles. The Hall–Kier alpha value is -2.75. The van der Waals surface area contributed by atoms with Crippen LogP contribution in [0.15, 0.2) is 11.2 Å². The molecule has 0 bridgehead atoms. The smallest absolute Gasteiger partial charge is 0.242 e. The molecule has 0 spiro atoms. The highest BCUT2D eigenvalue weighted by Gasteiger charge is 2.33. The van der Waals surface area contributed by atoms with Gasteiger partial charge in [-0.25, -0.2) is 9.98 Å². The fraction of sp³-hybridized carbons (Fsp3) is 0.567. The van der Waals surface area contributed by atoms with Gasteiger partial charge in [-0.2, -0.15) is 0 Å². The van der Waals surface area contributed by atoms with Gasteiger partial charge in [-0.15, -0.1) is 11.3 Å². The Morgan fingerprint density at radius 1 is 1.26 bits per heavy atom. The standard InChI is InChI=1S/C30H40N6O2S/c1-16(2)24-25-17(3)27(19-8-11-36(12-9-19)30(37)23-15-38-13-10-32-23)39-29(25)35-26(24)22-14-33-28(34-18(4)31)21-7-5-6-20(21)22/h14,16,19,23,32,35H,5-13,15H2,1-4H3,(H2,31,33,34)/t23-/m1/s1. The number of hydrogen-bond acceptors (Lipinski definition) is 6. The SMILES string of the molecule is CC(N)=Nc1ncc(-c2[nH]c3sc(C4CCN(C(=O)[C@H]5COCCN5)CC4)c(C)c3c2C(C)C)c2c1CCC2. The minimum atomic E-state index is -0.194. The van der Waals surface area contributed by atoms with Crippen molar-refractivity contribution in [2.45, 2.75) is 77.7 Å². The van der Waals surface area contributed by atoms with Crippen molar-refractivity contribution in [2.75, 3.05) is 32.8 Å². The second kappa shape index (κ2) is 10.7. The van der Waals surface area contributed by atoms with Gasteiger partial charge in [0, 0.05) is 47.2 Å². The number of aliphatic imine (C=N–C) groups is 1. The Bertz CT molecular complexity index is 1420. The lowest BCUT2D eigenvalue weighted by atomic mass is 9.89. The highest BCUT2D eigenvalue weighted by Crippen LogP contribution is 2.47. The number of carbonyl (C=O) groups excluding carboxylic acids is 1. The van der Waals surface area contributed by atoms with Gasteiger partial charge in [0.15, 0.2) is 5.82 Å². The number of nitrogens with zero attached hydrogens (tertiary/aromatic N) is 3. The molecule has 6 rings (SSSR count). The van der Waals surface area contributed by atoms with Crippen LogP contribution < -0.4 is 11.1 Å². The quantitative estimate of drug-likeness (QED) is 0.310. The summed E-state index contributed by atoms with van der Waals surface area (Å²) in [4.78, 5) is 30.9. The van der Waals surface area contributed by atoms with E-state index in [2.05, 4.69) is 36.1 Å². The van der Waals surface area contributed by atoms with E-state index in [1.54, 1.807) is 0 Å². The van der Waals surface area contributed by atoms with E-state index in [-0.39, 0.29) is 11.9 Å². The monoisotopic (exact) mass is 548 g/mol. The van der Waals surface area contributed by atoms with Crippen molar-refractivity contribution in [1.82, 2.24) is 20.2 Å². The molecular formula is C30H40N6O2S. The zero-order valence-electron chi connectivity index (χ0n) is 23.5. The summed E-state index contributed by atoms with van der Waals surface area (Å²) in [5, 5.41) is 4.69. The van der Waals surface area contributed by atoms with Gasteiger partial charge in [-0.3, -0.25) is 4.79 Å². The van der Waals surface area contributed by atoms with Gasteiger partial charge in [-0.05, 0) is 74.5 Å². The fourth-order valence-corrected chi connectivity index (χ4v) is 8.18. The predicted molar refractivity (Wildman–Crippen MR) is 158 cm³/mol. The molecule has 0 unspecified atom stereocenters. The molecule has 208 valence electrons.